The van der Waals surface area contributed by atoms with Gasteiger partial charge in [-0.25, -0.2) is 17.9 Å². The molecule has 2 aromatic carbocycles. The van der Waals surface area contributed by atoms with Crippen LogP contribution in [0.5, 0.6) is 0 Å². The maximum atomic E-state index is 13.2. The predicted molar refractivity (Wildman–Crippen MR) is 153 cm³/mol. The molecule has 10 heteroatoms. The second-order valence-electron chi connectivity index (χ2n) is 12.7. The number of halogens is 1. The number of hydrogen-bond donors (Lipinski definition) is 2. The maximum Gasteiger partial charge on any atom is 0.329 e. The van der Waals surface area contributed by atoms with E-state index in [1.54, 1.807) is 18.2 Å². The van der Waals surface area contributed by atoms with Gasteiger partial charge in [-0.15, -0.1) is 0 Å². The van der Waals surface area contributed by atoms with E-state index in [0.29, 0.717) is 35.3 Å². The van der Waals surface area contributed by atoms with Gasteiger partial charge in [0.2, 0.25) is 5.91 Å². The first kappa shape index (κ1) is 27.4. The topological polar surface area (TPSA) is 113 Å². The fourth-order valence-electron chi connectivity index (χ4n) is 7.92. The van der Waals surface area contributed by atoms with Crippen LogP contribution in [0.25, 0.3) is 0 Å². The molecule has 4 aliphatic carbocycles. The molecule has 4 saturated carbocycles. The molecule has 7 rings (SSSR count). The summed E-state index contributed by atoms with van der Waals surface area (Å²) >= 11 is 3.41. The fourth-order valence-corrected chi connectivity index (χ4v) is 9.19. The molecule has 4 amide bonds. The molecule has 4 bridgehead atoms. The molecule has 212 valence electrons. The minimum Gasteiger partial charge on any atom is -0.332 e. The largest absolute Gasteiger partial charge is 0.332 e. The monoisotopic (exact) mass is 627 g/mol. The number of sulfonamides is 1. The van der Waals surface area contributed by atoms with Crippen molar-refractivity contribution >= 4 is 43.8 Å². The zero-order valence-corrected chi connectivity index (χ0v) is 25.1. The zero-order valence-electron chi connectivity index (χ0n) is 22.7. The highest BCUT2D eigenvalue weighted by Crippen LogP contribution is 2.55. The standard InChI is InChI=1S/C30H34BrN3O5S/c1-29(2)25-8-5-22(31)14-24(25)26(35)34(27(29)36)10-9-18-3-6-23(7-4-18)40(38,39)33-28(37)32-30-15-19-11-20(16-30)13-21(12-19)17-30/h3-8,14,19-21H,9-13,15-17H2,1-2H3,(H2,32,33,37). The maximum absolute atomic E-state index is 13.2. The van der Waals surface area contributed by atoms with Crippen molar-refractivity contribution in [3.63, 3.8) is 0 Å². The van der Waals surface area contributed by atoms with E-state index in [2.05, 4.69) is 26.0 Å². The minimum atomic E-state index is -4.05. The number of urea groups is 1. The van der Waals surface area contributed by atoms with Gasteiger partial charge in [-0.2, -0.15) is 0 Å². The van der Waals surface area contributed by atoms with Gasteiger partial charge < -0.3 is 5.32 Å². The van der Waals surface area contributed by atoms with Crippen molar-refractivity contribution in [2.24, 2.45) is 17.8 Å². The number of carbonyl (C=O) groups is 3. The van der Waals surface area contributed by atoms with E-state index in [1.165, 1.54) is 36.3 Å². The van der Waals surface area contributed by atoms with Gasteiger partial charge in [-0.05, 0) is 112 Å². The van der Waals surface area contributed by atoms with Gasteiger partial charge >= 0.3 is 6.03 Å². The van der Waals surface area contributed by atoms with Crippen LogP contribution in [0.15, 0.2) is 51.8 Å². The molecule has 40 heavy (non-hydrogen) atoms. The zero-order chi connectivity index (χ0) is 28.4. The molecule has 8 nitrogen and oxygen atoms in total. The third kappa shape index (κ3) is 4.87. The lowest BCUT2D eigenvalue weighted by molar-refractivity contribution is -0.134. The van der Waals surface area contributed by atoms with Crippen LogP contribution in [-0.2, 0) is 26.7 Å². The summed E-state index contributed by atoms with van der Waals surface area (Å²) in [5, 5.41) is 3.04. The van der Waals surface area contributed by atoms with E-state index in [4.69, 9.17) is 0 Å². The van der Waals surface area contributed by atoms with Crippen molar-refractivity contribution in [2.45, 2.75) is 74.6 Å². The van der Waals surface area contributed by atoms with E-state index < -0.39 is 21.5 Å². The SMILES string of the molecule is CC1(C)C(=O)N(CCc2ccc(S(=O)(=O)NC(=O)NC34CC5CC(CC(C5)C3)C4)cc2)C(=O)c2cc(Br)ccc21. The Morgan fingerprint density at radius 1 is 0.975 bits per heavy atom. The highest BCUT2D eigenvalue weighted by Gasteiger charge is 2.51. The summed E-state index contributed by atoms with van der Waals surface area (Å²) in [5.41, 5.74) is 0.849. The Labute approximate surface area is 243 Å². The van der Waals surface area contributed by atoms with E-state index in [1.807, 2.05) is 26.0 Å². The summed E-state index contributed by atoms with van der Waals surface area (Å²) in [5.74, 6) is 1.30. The minimum absolute atomic E-state index is 0.0121. The van der Waals surface area contributed by atoms with Crippen LogP contribution >= 0.6 is 15.9 Å². The molecule has 0 saturated heterocycles. The predicted octanol–water partition coefficient (Wildman–Crippen LogP) is 4.91. The molecule has 0 aromatic heterocycles. The van der Waals surface area contributed by atoms with Gasteiger partial charge in [-0.3, -0.25) is 14.5 Å². The molecule has 0 spiro atoms. The van der Waals surface area contributed by atoms with Crippen molar-refractivity contribution < 1.29 is 22.8 Å². The number of nitrogens with one attached hydrogen (secondary N) is 2. The van der Waals surface area contributed by atoms with Gasteiger partial charge in [0, 0.05) is 22.1 Å². The van der Waals surface area contributed by atoms with Crippen LogP contribution in [0.2, 0.25) is 0 Å². The number of rotatable bonds is 6. The fraction of sp³-hybridized carbons (Fsp3) is 0.500. The Morgan fingerprint density at radius 3 is 2.17 bits per heavy atom. The molecule has 0 radical (unpaired) electrons. The van der Waals surface area contributed by atoms with Crippen molar-refractivity contribution in [3.05, 3.63) is 63.6 Å². The summed E-state index contributed by atoms with van der Waals surface area (Å²) in [6.07, 6.45) is 6.87. The average molecular weight is 629 g/mol. The molecule has 1 aliphatic heterocycles. The average Bonchev–Trinajstić information content (AvgIpc) is 2.86. The van der Waals surface area contributed by atoms with Gasteiger partial charge in [0.05, 0.1) is 10.3 Å². The first-order valence-electron chi connectivity index (χ1n) is 14.0. The lowest BCUT2D eigenvalue weighted by Crippen LogP contribution is -2.61. The summed E-state index contributed by atoms with van der Waals surface area (Å²) in [6, 6.07) is 10.9. The van der Waals surface area contributed by atoms with Crippen molar-refractivity contribution in [1.82, 2.24) is 14.9 Å². The van der Waals surface area contributed by atoms with E-state index in [0.717, 1.165) is 29.3 Å². The van der Waals surface area contributed by atoms with E-state index in [-0.39, 0.29) is 28.8 Å². The second-order valence-corrected chi connectivity index (χ2v) is 15.3. The Kier molecular flexibility index (Phi) is 6.65. The van der Waals surface area contributed by atoms with E-state index >= 15 is 0 Å². The van der Waals surface area contributed by atoms with Crippen LogP contribution in [0, 0.1) is 17.8 Å². The number of benzene rings is 2. The Bertz CT molecular complexity index is 1470. The van der Waals surface area contributed by atoms with Crippen molar-refractivity contribution in [2.75, 3.05) is 6.54 Å². The highest BCUT2D eigenvalue weighted by molar-refractivity contribution is 9.10. The molecule has 0 unspecified atom stereocenters. The Morgan fingerprint density at radius 2 is 1.57 bits per heavy atom. The van der Waals surface area contributed by atoms with Gasteiger partial charge in [0.25, 0.3) is 15.9 Å². The lowest BCUT2D eigenvalue weighted by atomic mass is 9.53. The van der Waals surface area contributed by atoms with Gasteiger partial charge in [-0.1, -0.05) is 34.1 Å². The number of hydrogen-bond acceptors (Lipinski definition) is 5. The second kappa shape index (κ2) is 9.69. The Hall–Kier alpha value is -2.72. The highest BCUT2D eigenvalue weighted by atomic mass is 79.9. The first-order chi connectivity index (χ1) is 18.8. The van der Waals surface area contributed by atoms with Crippen LogP contribution in [0.3, 0.4) is 0 Å². The molecule has 2 N–H and O–H groups in total. The first-order valence-corrected chi connectivity index (χ1v) is 16.2. The smallest absolute Gasteiger partial charge is 0.329 e. The molecule has 0 atom stereocenters. The Balaban J connectivity index is 1.09. The number of fused-ring (bicyclic) bond motifs is 1. The van der Waals surface area contributed by atoms with Gasteiger partial charge in [0.1, 0.15) is 0 Å². The van der Waals surface area contributed by atoms with Crippen LogP contribution in [0.4, 0.5) is 4.79 Å². The summed E-state index contributed by atoms with van der Waals surface area (Å²) in [4.78, 5) is 40.4. The van der Waals surface area contributed by atoms with E-state index in [9.17, 15) is 22.8 Å². The lowest BCUT2D eigenvalue weighted by Gasteiger charge is -2.56. The number of nitrogens with zero attached hydrogens (tertiary/aromatic N) is 1. The quantitative estimate of drug-likeness (QED) is 0.442. The molecule has 4 fully saturated rings. The summed E-state index contributed by atoms with van der Waals surface area (Å²) < 4.78 is 28.9. The molecular weight excluding hydrogens is 594 g/mol. The molecule has 2 aromatic rings. The van der Waals surface area contributed by atoms with Gasteiger partial charge in [0.15, 0.2) is 0 Å². The van der Waals surface area contributed by atoms with Crippen LogP contribution in [-0.4, -0.2) is 43.2 Å². The van der Waals surface area contributed by atoms with Crippen LogP contribution in [0.1, 0.15) is 73.9 Å². The molecule has 1 heterocycles. The third-order valence-electron chi connectivity index (χ3n) is 9.41. The summed E-state index contributed by atoms with van der Waals surface area (Å²) in [6.45, 7) is 3.80. The van der Waals surface area contributed by atoms with Crippen molar-refractivity contribution in [1.29, 1.82) is 0 Å². The number of imide groups is 1. The number of carbonyl (C=O) groups excluding carboxylic acids is 3. The normalized spacial score (nSPS) is 28.4. The number of amides is 4. The summed E-state index contributed by atoms with van der Waals surface area (Å²) in [7, 11) is -4.05. The molecular formula is C30H34BrN3O5S. The third-order valence-corrected chi connectivity index (χ3v) is 11.3. The van der Waals surface area contributed by atoms with Crippen LogP contribution < -0.4 is 10.0 Å². The van der Waals surface area contributed by atoms with Crippen molar-refractivity contribution in [3.8, 4) is 0 Å². The molecule has 5 aliphatic rings.